The summed E-state index contributed by atoms with van der Waals surface area (Å²) in [5, 5.41) is 9.67. The lowest BCUT2D eigenvalue weighted by Crippen LogP contribution is -2.29. The number of aliphatic hydroxyl groups is 1. The van der Waals surface area contributed by atoms with Gasteiger partial charge < -0.3 is 10.1 Å². The number of halogens is 2. The lowest BCUT2D eigenvalue weighted by atomic mass is 10.1. The number of nitrogens with zero attached hydrogens (tertiary/aromatic N) is 1. The van der Waals surface area contributed by atoms with E-state index < -0.39 is 39.9 Å². The zero-order chi connectivity index (χ0) is 17.2. The molecule has 0 radical (unpaired) electrons. The summed E-state index contributed by atoms with van der Waals surface area (Å²) in [7, 11) is -3.97. The Bertz CT molecular complexity index is 770. The van der Waals surface area contributed by atoms with Crippen LogP contribution in [0.15, 0.2) is 29.4 Å². The summed E-state index contributed by atoms with van der Waals surface area (Å²) < 4.78 is 53.4. The van der Waals surface area contributed by atoms with Crippen molar-refractivity contribution in [3.8, 4) is 0 Å². The zero-order valence-corrected chi connectivity index (χ0v) is 13.4. The summed E-state index contributed by atoms with van der Waals surface area (Å²) in [6.07, 6.45) is -0.508. The third kappa shape index (κ3) is 3.92. The van der Waals surface area contributed by atoms with Gasteiger partial charge in [0.25, 0.3) is 10.0 Å². The maximum Gasteiger partial charge on any atom is 0.257 e. The Morgan fingerprint density at radius 1 is 1.30 bits per heavy atom. The molecule has 0 saturated carbocycles. The Morgan fingerprint density at radius 2 is 1.91 bits per heavy atom. The molecule has 0 amide bonds. The summed E-state index contributed by atoms with van der Waals surface area (Å²) in [6.45, 7) is 3.11. The van der Waals surface area contributed by atoms with Crippen molar-refractivity contribution in [1.82, 2.24) is 14.7 Å². The van der Waals surface area contributed by atoms with E-state index in [0.29, 0.717) is 5.82 Å². The minimum atomic E-state index is -3.97. The second-order valence-corrected chi connectivity index (χ2v) is 7.03. The first kappa shape index (κ1) is 17.5. The van der Waals surface area contributed by atoms with Crippen LogP contribution >= 0.6 is 0 Å². The molecule has 0 aliphatic carbocycles. The Balaban J connectivity index is 2.12. The number of rotatable bonds is 6. The highest BCUT2D eigenvalue weighted by molar-refractivity contribution is 7.89. The van der Waals surface area contributed by atoms with E-state index in [4.69, 9.17) is 0 Å². The minimum absolute atomic E-state index is 0.0112. The van der Waals surface area contributed by atoms with E-state index in [9.17, 15) is 22.3 Å². The van der Waals surface area contributed by atoms with Gasteiger partial charge in [0.15, 0.2) is 5.03 Å². The van der Waals surface area contributed by atoms with Gasteiger partial charge >= 0.3 is 0 Å². The standard InChI is InChI=1S/C14H17F2N3O3S/c1-8(2)14-17-7-12(19-14)23(21,22)18-6-11(20)13-9(15)4-3-5-10(13)16/h3-5,7-8,11,18,20H,6H2,1-2H3,(H,17,19). The molecule has 126 valence electrons. The van der Waals surface area contributed by atoms with Crippen LogP contribution in [0, 0.1) is 11.6 Å². The van der Waals surface area contributed by atoms with E-state index in [0.717, 1.165) is 24.4 Å². The summed E-state index contributed by atoms with van der Waals surface area (Å²) in [5.74, 6) is -1.39. The Morgan fingerprint density at radius 3 is 2.43 bits per heavy atom. The summed E-state index contributed by atoms with van der Waals surface area (Å²) in [5.41, 5.74) is -0.581. The van der Waals surface area contributed by atoms with Gasteiger partial charge in [-0.25, -0.2) is 26.9 Å². The molecule has 23 heavy (non-hydrogen) atoms. The highest BCUT2D eigenvalue weighted by atomic mass is 32.2. The van der Waals surface area contributed by atoms with Crippen LogP contribution in [0.1, 0.15) is 37.3 Å². The fourth-order valence-electron chi connectivity index (χ4n) is 1.95. The van der Waals surface area contributed by atoms with Crippen LogP contribution in [0.3, 0.4) is 0 Å². The fraction of sp³-hybridized carbons (Fsp3) is 0.357. The molecular weight excluding hydrogens is 328 g/mol. The normalized spacial score (nSPS) is 13.5. The first-order valence-electron chi connectivity index (χ1n) is 6.89. The Kier molecular flexibility index (Phi) is 5.12. The lowest BCUT2D eigenvalue weighted by Gasteiger charge is -2.13. The molecule has 1 atom stereocenters. The van der Waals surface area contributed by atoms with Crippen molar-refractivity contribution >= 4 is 10.0 Å². The smallest absolute Gasteiger partial charge is 0.257 e. The van der Waals surface area contributed by atoms with Crippen LogP contribution in [0.2, 0.25) is 0 Å². The molecule has 9 heteroatoms. The number of aromatic nitrogens is 2. The highest BCUT2D eigenvalue weighted by Gasteiger charge is 2.23. The molecule has 3 N–H and O–H groups in total. The van der Waals surface area contributed by atoms with E-state index in [2.05, 4.69) is 14.7 Å². The molecule has 1 unspecified atom stereocenters. The van der Waals surface area contributed by atoms with E-state index in [-0.39, 0.29) is 10.9 Å². The molecule has 0 aliphatic heterocycles. The Hall–Kier alpha value is -1.84. The molecule has 0 fully saturated rings. The SMILES string of the molecule is CC(C)c1ncc(S(=O)(=O)NCC(O)c2c(F)cccc2F)[nH]1. The van der Waals surface area contributed by atoms with Crippen LogP contribution in [0.5, 0.6) is 0 Å². The number of imidazole rings is 1. The van der Waals surface area contributed by atoms with Gasteiger partial charge in [-0.2, -0.15) is 0 Å². The van der Waals surface area contributed by atoms with Crippen LogP contribution in [-0.4, -0.2) is 30.0 Å². The molecule has 2 aromatic rings. The molecular formula is C14H17F2N3O3S. The van der Waals surface area contributed by atoms with Gasteiger partial charge in [-0.15, -0.1) is 0 Å². The molecule has 0 spiro atoms. The quantitative estimate of drug-likeness (QED) is 0.744. The highest BCUT2D eigenvalue weighted by Crippen LogP contribution is 2.20. The predicted octanol–water partition coefficient (Wildman–Crippen LogP) is 1.82. The molecule has 1 aromatic carbocycles. The third-order valence-corrected chi connectivity index (χ3v) is 4.54. The molecule has 0 bridgehead atoms. The van der Waals surface area contributed by atoms with Crippen molar-refractivity contribution in [1.29, 1.82) is 0 Å². The van der Waals surface area contributed by atoms with Gasteiger partial charge in [0.2, 0.25) is 0 Å². The van der Waals surface area contributed by atoms with E-state index >= 15 is 0 Å². The fourth-order valence-corrected chi connectivity index (χ4v) is 2.91. The van der Waals surface area contributed by atoms with Gasteiger partial charge in [-0.1, -0.05) is 19.9 Å². The van der Waals surface area contributed by atoms with Crippen molar-refractivity contribution in [3.63, 3.8) is 0 Å². The maximum atomic E-state index is 13.5. The van der Waals surface area contributed by atoms with Crippen LogP contribution in [-0.2, 0) is 10.0 Å². The maximum absolute atomic E-state index is 13.5. The topological polar surface area (TPSA) is 95.1 Å². The number of H-pyrrole nitrogens is 1. The second kappa shape index (κ2) is 6.73. The van der Waals surface area contributed by atoms with Crippen molar-refractivity contribution in [2.75, 3.05) is 6.54 Å². The molecule has 2 rings (SSSR count). The summed E-state index contributed by atoms with van der Waals surface area (Å²) >= 11 is 0. The van der Waals surface area contributed by atoms with Crippen LogP contribution < -0.4 is 4.72 Å². The van der Waals surface area contributed by atoms with E-state index in [1.165, 1.54) is 0 Å². The Labute approximate surface area is 132 Å². The average molecular weight is 345 g/mol. The van der Waals surface area contributed by atoms with Crippen molar-refractivity contribution in [2.45, 2.75) is 30.9 Å². The number of hydrogen-bond donors (Lipinski definition) is 3. The number of aromatic amines is 1. The molecule has 0 saturated heterocycles. The predicted molar refractivity (Wildman–Crippen MR) is 79.2 cm³/mol. The number of sulfonamides is 1. The first-order chi connectivity index (χ1) is 10.7. The largest absolute Gasteiger partial charge is 0.387 e. The average Bonchev–Trinajstić information content (AvgIpc) is 2.96. The second-order valence-electron chi connectivity index (χ2n) is 5.29. The van der Waals surface area contributed by atoms with Crippen LogP contribution in [0.25, 0.3) is 0 Å². The lowest BCUT2D eigenvalue weighted by molar-refractivity contribution is 0.172. The van der Waals surface area contributed by atoms with Crippen molar-refractivity contribution in [3.05, 3.63) is 47.4 Å². The number of benzene rings is 1. The van der Waals surface area contributed by atoms with Gasteiger partial charge in [0, 0.05) is 12.5 Å². The first-order valence-corrected chi connectivity index (χ1v) is 8.37. The third-order valence-electron chi connectivity index (χ3n) is 3.21. The number of hydrogen-bond acceptors (Lipinski definition) is 4. The van der Waals surface area contributed by atoms with Gasteiger partial charge in [0.05, 0.1) is 17.9 Å². The van der Waals surface area contributed by atoms with Crippen LogP contribution in [0.4, 0.5) is 8.78 Å². The molecule has 1 heterocycles. The summed E-state index contributed by atoms with van der Waals surface area (Å²) in [4.78, 5) is 6.59. The molecule has 0 aliphatic rings. The van der Waals surface area contributed by atoms with E-state index in [1.807, 2.05) is 13.8 Å². The van der Waals surface area contributed by atoms with Crippen molar-refractivity contribution in [2.24, 2.45) is 0 Å². The molecule has 1 aromatic heterocycles. The summed E-state index contributed by atoms with van der Waals surface area (Å²) in [6, 6.07) is 3.13. The number of aliphatic hydroxyl groups excluding tert-OH is 1. The van der Waals surface area contributed by atoms with Crippen molar-refractivity contribution < 1.29 is 22.3 Å². The molecule has 6 nitrogen and oxygen atoms in total. The van der Waals surface area contributed by atoms with Gasteiger partial charge in [-0.3, -0.25) is 0 Å². The van der Waals surface area contributed by atoms with Gasteiger partial charge in [-0.05, 0) is 12.1 Å². The zero-order valence-electron chi connectivity index (χ0n) is 12.5. The monoisotopic (exact) mass is 345 g/mol. The number of nitrogens with one attached hydrogen (secondary N) is 2. The van der Waals surface area contributed by atoms with E-state index in [1.54, 1.807) is 0 Å². The minimum Gasteiger partial charge on any atom is -0.387 e. The van der Waals surface area contributed by atoms with Gasteiger partial charge in [0.1, 0.15) is 17.5 Å².